The molecule has 0 unspecified atom stereocenters. The Hall–Kier alpha value is -1.43. The van der Waals surface area contributed by atoms with Crippen molar-refractivity contribution in [2.45, 2.75) is 38.1 Å². The second-order valence-electron chi connectivity index (χ2n) is 5.29. The summed E-state index contributed by atoms with van der Waals surface area (Å²) in [5.41, 5.74) is 0.728. The Kier molecular flexibility index (Phi) is 5.33. The molecule has 0 saturated heterocycles. The highest BCUT2D eigenvalue weighted by molar-refractivity contribution is 9.10. The maximum Gasteiger partial charge on any atom is 0.308 e. The lowest BCUT2D eigenvalue weighted by molar-refractivity contribution is -0.142. The zero-order valence-electron chi connectivity index (χ0n) is 11.4. The summed E-state index contributed by atoms with van der Waals surface area (Å²) < 4.78 is 13.9. The Morgan fingerprint density at radius 1 is 1.38 bits per heavy atom. The van der Waals surface area contributed by atoms with Crippen molar-refractivity contribution in [2.75, 3.05) is 0 Å². The quantitative estimate of drug-likeness (QED) is 0.851. The van der Waals surface area contributed by atoms with E-state index in [2.05, 4.69) is 21.2 Å². The normalized spacial score (nSPS) is 21.2. The van der Waals surface area contributed by atoms with Crippen LogP contribution in [-0.4, -0.2) is 23.0 Å². The lowest BCUT2D eigenvalue weighted by atomic mass is 10.0. The molecular weight excluding hydrogens is 341 g/mol. The molecular formula is C15H17BrFNO3. The van der Waals surface area contributed by atoms with Gasteiger partial charge in [-0.15, -0.1) is 0 Å². The molecule has 6 heteroatoms. The fourth-order valence-corrected chi connectivity index (χ4v) is 3.14. The van der Waals surface area contributed by atoms with Gasteiger partial charge in [0.1, 0.15) is 5.82 Å². The molecule has 0 aromatic heterocycles. The van der Waals surface area contributed by atoms with Crippen LogP contribution >= 0.6 is 15.9 Å². The minimum absolute atomic E-state index is 0.190. The third-order valence-corrected chi connectivity index (χ3v) is 4.58. The second-order valence-corrected chi connectivity index (χ2v) is 6.14. The Balaban J connectivity index is 1.87. The summed E-state index contributed by atoms with van der Waals surface area (Å²) in [7, 11) is 0. The zero-order chi connectivity index (χ0) is 15.4. The van der Waals surface area contributed by atoms with E-state index in [0.29, 0.717) is 19.3 Å². The third-order valence-electron chi connectivity index (χ3n) is 3.81. The Morgan fingerprint density at radius 2 is 2.14 bits per heavy atom. The number of hydrogen-bond acceptors (Lipinski definition) is 2. The van der Waals surface area contributed by atoms with Crippen LogP contribution < -0.4 is 5.32 Å². The van der Waals surface area contributed by atoms with Crippen molar-refractivity contribution >= 4 is 27.8 Å². The first-order chi connectivity index (χ1) is 9.97. The SMILES string of the molecule is O=C(CCc1cc(F)ccc1Br)N[C@H]1CCC[C@H]1C(=O)O. The number of aryl methyl sites for hydroxylation is 1. The molecule has 1 amide bonds. The van der Waals surface area contributed by atoms with Crippen LogP contribution in [0, 0.1) is 11.7 Å². The lowest BCUT2D eigenvalue weighted by Gasteiger charge is -2.17. The molecule has 1 aliphatic carbocycles. The fourth-order valence-electron chi connectivity index (χ4n) is 2.69. The van der Waals surface area contributed by atoms with E-state index in [1.165, 1.54) is 12.1 Å². The number of nitrogens with one attached hydrogen (secondary N) is 1. The minimum atomic E-state index is -0.856. The van der Waals surface area contributed by atoms with Gasteiger partial charge in [0.05, 0.1) is 5.92 Å². The van der Waals surface area contributed by atoms with Crippen LogP contribution in [0.1, 0.15) is 31.2 Å². The van der Waals surface area contributed by atoms with Gasteiger partial charge in [0, 0.05) is 16.9 Å². The molecule has 0 spiro atoms. The number of amides is 1. The molecule has 1 fully saturated rings. The molecule has 1 aliphatic rings. The van der Waals surface area contributed by atoms with Crippen LogP contribution in [0.3, 0.4) is 0 Å². The smallest absolute Gasteiger partial charge is 0.308 e. The first-order valence-corrected chi connectivity index (χ1v) is 7.73. The van der Waals surface area contributed by atoms with Crippen LogP contribution in [0.4, 0.5) is 4.39 Å². The van der Waals surface area contributed by atoms with Gasteiger partial charge in [-0.05, 0) is 43.0 Å². The molecule has 1 aromatic carbocycles. The van der Waals surface area contributed by atoms with Crippen molar-refractivity contribution in [2.24, 2.45) is 5.92 Å². The lowest BCUT2D eigenvalue weighted by Crippen LogP contribution is -2.40. The van der Waals surface area contributed by atoms with Crippen LogP contribution in [0.5, 0.6) is 0 Å². The zero-order valence-corrected chi connectivity index (χ0v) is 13.0. The highest BCUT2D eigenvalue weighted by Crippen LogP contribution is 2.26. The summed E-state index contributed by atoms with van der Waals surface area (Å²) >= 11 is 3.32. The van der Waals surface area contributed by atoms with Crippen LogP contribution in [-0.2, 0) is 16.0 Å². The molecule has 1 saturated carbocycles. The van der Waals surface area contributed by atoms with Gasteiger partial charge in [-0.1, -0.05) is 22.4 Å². The van der Waals surface area contributed by atoms with Crippen LogP contribution in [0.25, 0.3) is 0 Å². The molecule has 1 aromatic rings. The highest BCUT2D eigenvalue weighted by atomic mass is 79.9. The molecule has 114 valence electrons. The van der Waals surface area contributed by atoms with Gasteiger partial charge in [-0.25, -0.2) is 4.39 Å². The molecule has 2 N–H and O–H groups in total. The summed E-state index contributed by atoms with van der Waals surface area (Å²) in [4.78, 5) is 23.0. The largest absolute Gasteiger partial charge is 0.481 e. The summed E-state index contributed by atoms with van der Waals surface area (Å²) in [5, 5.41) is 11.9. The topological polar surface area (TPSA) is 66.4 Å². The van der Waals surface area contributed by atoms with Crippen molar-refractivity contribution in [3.05, 3.63) is 34.1 Å². The molecule has 0 aliphatic heterocycles. The molecule has 21 heavy (non-hydrogen) atoms. The minimum Gasteiger partial charge on any atom is -0.481 e. The number of halogens is 2. The predicted octanol–water partition coefficient (Wildman–Crippen LogP) is 2.89. The fraction of sp³-hybridized carbons (Fsp3) is 0.467. The van der Waals surface area contributed by atoms with E-state index < -0.39 is 11.9 Å². The van der Waals surface area contributed by atoms with Gasteiger partial charge >= 0.3 is 5.97 Å². The molecule has 0 radical (unpaired) electrons. The van der Waals surface area contributed by atoms with Crippen molar-refractivity contribution in [1.82, 2.24) is 5.32 Å². The summed E-state index contributed by atoms with van der Waals surface area (Å²) in [5.74, 6) is -1.87. The average Bonchev–Trinajstić information content (AvgIpc) is 2.88. The summed E-state index contributed by atoms with van der Waals surface area (Å²) in [6.07, 6.45) is 2.75. The second kappa shape index (κ2) is 7.02. The van der Waals surface area contributed by atoms with E-state index in [1.807, 2.05) is 0 Å². The van der Waals surface area contributed by atoms with E-state index in [1.54, 1.807) is 6.07 Å². The van der Waals surface area contributed by atoms with Gasteiger partial charge in [-0.2, -0.15) is 0 Å². The highest BCUT2D eigenvalue weighted by Gasteiger charge is 2.33. The van der Waals surface area contributed by atoms with E-state index in [9.17, 15) is 14.0 Å². The Morgan fingerprint density at radius 3 is 2.86 bits per heavy atom. The van der Waals surface area contributed by atoms with Crippen LogP contribution in [0.2, 0.25) is 0 Å². The number of rotatable bonds is 5. The van der Waals surface area contributed by atoms with E-state index in [4.69, 9.17) is 5.11 Å². The summed E-state index contributed by atoms with van der Waals surface area (Å²) in [6, 6.07) is 4.07. The van der Waals surface area contributed by atoms with E-state index >= 15 is 0 Å². The van der Waals surface area contributed by atoms with Gasteiger partial charge in [-0.3, -0.25) is 9.59 Å². The summed E-state index contributed by atoms with van der Waals surface area (Å²) in [6.45, 7) is 0. The number of hydrogen-bond donors (Lipinski definition) is 2. The number of benzene rings is 1. The maximum atomic E-state index is 13.2. The molecule has 4 nitrogen and oxygen atoms in total. The molecule has 2 rings (SSSR count). The van der Waals surface area contributed by atoms with Gasteiger partial charge in [0.15, 0.2) is 0 Å². The number of carboxylic acid groups (broad SMARTS) is 1. The van der Waals surface area contributed by atoms with Gasteiger partial charge in [0.2, 0.25) is 5.91 Å². The monoisotopic (exact) mass is 357 g/mol. The average molecular weight is 358 g/mol. The van der Waals surface area contributed by atoms with Crippen LogP contribution in [0.15, 0.2) is 22.7 Å². The van der Waals surface area contributed by atoms with E-state index in [-0.39, 0.29) is 24.2 Å². The predicted molar refractivity (Wildman–Crippen MR) is 79.3 cm³/mol. The first-order valence-electron chi connectivity index (χ1n) is 6.93. The van der Waals surface area contributed by atoms with Crippen molar-refractivity contribution < 1.29 is 19.1 Å². The molecule has 0 bridgehead atoms. The van der Waals surface area contributed by atoms with E-state index in [0.717, 1.165) is 16.5 Å². The van der Waals surface area contributed by atoms with Crippen molar-refractivity contribution in [3.63, 3.8) is 0 Å². The number of carbonyl (C=O) groups excluding carboxylic acids is 1. The Labute approximate surface area is 130 Å². The van der Waals surface area contributed by atoms with Crippen molar-refractivity contribution in [1.29, 1.82) is 0 Å². The van der Waals surface area contributed by atoms with Gasteiger partial charge in [0.25, 0.3) is 0 Å². The number of carbonyl (C=O) groups is 2. The Bertz CT molecular complexity index is 550. The third kappa shape index (κ3) is 4.27. The molecule has 0 heterocycles. The number of aliphatic carboxylic acids is 1. The first kappa shape index (κ1) is 15.9. The maximum absolute atomic E-state index is 13.2. The van der Waals surface area contributed by atoms with Gasteiger partial charge < -0.3 is 10.4 Å². The standard InChI is InChI=1S/C15H17BrFNO3/c16-12-6-5-10(17)8-9(12)4-7-14(19)18-13-3-1-2-11(13)15(20)21/h5-6,8,11,13H,1-4,7H2,(H,18,19)(H,20,21)/t11-,13+/m1/s1. The number of carboxylic acids is 1. The van der Waals surface area contributed by atoms with Crippen molar-refractivity contribution in [3.8, 4) is 0 Å². The molecule has 2 atom stereocenters.